The molecule has 3 rings (SSSR count). The lowest BCUT2D eigenvalue weighted by atomic mass is 10.1. The SMILES string of the molecule is COc1ccc(C(=O)COC(=O)CSc2cccc3cccc(Cl)c23)cc1. The molecule has 0 bridgehead atoms. The van der Waals surface area contributed by atoms with E-state index in [0.29, 0.717) is 16.3 Å². The minimum atomic E-state index is -0.453. The fourth-order valence-electron chi connectivity index (χ4n) is 2.57. The minimum absolute atomic E-state index is 0.0974. The number of hydrogen-bond donors (Lipinski definition) is 0. The highest BCUT2D eigenvalue weighted by atomic mass is 35.5. The zero-order valence-corrected chi connectivity index (χ0v) is 16.2. The van der Waals surface area contributed by atoms with Crippen LogP contribution >= 0.6 is 23.4 Å². The summed E-state index contributed by atoms with van der Waals surface area (Å²) in [7, 11) is 1.55. The molecule has 4 nitrogen and oxygen atoms in total. The number of hydrogen-bond acceptors (Lipinski definition) is 5. The van der Waals surface area contributed by atoms with Crippen molar-refractivity contribution in [2.45, 2.75) is 4.90 Å². The van der Waals surface area contributed by atoms with Gasteiger partial charge in [-0.15, -0.1) is 11.8 Å². The lowest BCUT2D eigenvalue weighted by Gasteiger charge is -2.08. The second-order valence-corrected chi connectivity index (χ2v) is 7.12. The number of methoxy groups -OCH3 is 1. The molecule has 27 heavy (non-hydrogen) atoms. The molecule has 0 amide bonds. The number of carbonyl (C=O) groups is 2. The summed E-state index contributed by atoms with van der Waals surface area (Å²) in [6.45, 7) is -0.290. The lowest BCUT2D eigenvalue weighted by molar-refractivity contribution is -0.139. The van der Waals surface area contributed by atoms with E-state index in [2.05, 4.69) is 0 Å². The third kappa shape index (κ3) is 4.81. The van der Waals surface area contributed by atoms with Crippen LogP contribution < -0.4 is 4.74 Å². The Hall–Kier alpha value is -2.50. The van der Waals surface area contributed by atoms with Crippen molar-refractivity contribution in [3.8, 4) is 5.75 Å². The van der Waals surface area contributed by atoms with Gasteiger partial charge in [0.25, 0.3) is 0 Å². The maximum atomic E-state index is 12.1. The molecule has 0 aliphatic rings. The third-order valence-electron chi connectivity index (χ3n) is 3.94. The van der Waals surface area contributed by atoms with Crippen LogP contribution in [0, 0.1) is 0 Å². The van der Waals surface area contributed by atoms with E-state index in [-0.39, 0.29) is 18.1 Å². The minimum Gasteiger partial charge on any atom is -0.497 e. The fraction of sp³-hybridized carbons (Fsp3) is 0.143. The van der Waals surface area contributed by atoms with E-state index < -0.39 is 5.97 Å². The van der Waals surface area contributed by atoms with E-state index in [4.69, 9.17) is 21.1 Å². The maximum Gasteiger partial charge on any atom is 0.316 e. The first-order valence-corrected chi connectivity index (χ1v) is 9.58. The van der Waals surface area contributed by atoms with Crippen molar-refractivity contribution in [2.24, 2.45) is 0 Å². The summed E-state index contributed by atoms with van der Waals surface area (Å²) < 4.78 is 10.2. The molecule has 0 radical (unpaired) electrons. The van der Waals surface area contributed by atoms with Crippen molar-refractivity contribution >= 4 is 45.9 Å². The highest BCUT2D eigenvalue weighted by Crippen LogP contribution is 2.33. The van der Waals surface area contributed by atoms with Crippen molar-refractivity contribution in [1.82, 2.24) is 0 Å². The Bertz CT molecular complexity index is 964. The molecule has 0 saturated heterocycles. The van der Waals surface area contributed by atoms with Crippen LogP contribution in [0.5, 0.6) is 5.75 Å². The first-order chi connectivity index (χ1) is 13.1. The summed E-state index contributed by atoms with van der Waals surface area (Å²) in [5, 5.41) is 2.56. The van der Waals surface area contributed by atoms with Crippen LogP contribution in [0.1, 0.15) is 10.4 Å². The summed E-state index contributed by atoms with van der Waals surface area (Å²) in [4.78, 5) is 25.0. The number of ether oxygens (including phenoxy) is 2. The number of rotatable bonds is 7. The first kappa shape index (κ1) is 19.3. The van der Waals surface area contributed by atoms with Gasteiger partial charge in [-0.05, 0) is 41.8 Å². The summed E-state index contributed by atoms with van der Waals surface area (Å²) >= 11 is 7.62. The summed E-state index contributed by atoms with van der Waals surface area (Å²) in [5.41, 5.74) is 0.470. The number of esters is 1. The van der Waals surface area contributed by atoms with Gasteiger partial charge in [0.15, 0.2) is 12.4 Å². The number of thioether (sulfide) groups is 1. The number of fused-ring (bicyclic) bond motifs is 1. The average Bonchev–Trinajstić information content (AvgIpc) is 2.70. The molecule has 3 aromatic rings. The molecule has 0 N–H and O–H groups in total. The Balaban J connectivity index is 1.56. The number of ketones is 1. The van der Waals surface area contributed by atoms with Gasteiger partial charge in [0.1, 0.15) is 5.75 Å². The molecule has 0 heterocycles. The van der Waals surface area contributed by atoms with Crippen LogP contribution in [-0.2, 0) is 9.53 Å². The van der Waals surface area contributed by atoms with Gasteiger partial charge in [-0.3, -0.25) is 9.59 Å². The van der Waals surface area contributed by atoms with Crippen molar-refractivity contribution in [1.29, 1.82) is 0 Å². The van der Waals surface area contributed by atoms with E-state index in [0.717, 1.165) is 15.7 Å². The van der Waals surface area contributed by atoms with Gasteiger partial charge < -0.3 is 9.47 Å². The topological polar surface area (TPSA) is 52.6 Å². The van der Waals surface area contributed by atoms with Crippen LogP contribution in [0.3, 0.4) is 0 Å². The smallest absolute Gasteiger partial charge is 0.316 e. The van der Waals surface area contributed by atoms with Crippen LogP contribution in [0.4, 0.5) is 0 Å². The molecule has 0 aliphatic carbocycles. The number of carbonyl (C=O) groups excluding carboxylic acids is 2. The summed E-state index contributed by atoms with van der Waals surface area (Å²) in [6, 6.07) is 18.1. The predicted molar refractivity (Wildman–Crippen MR) is 108 cm³/mol. The van der Waals surface area contributed by atoms with Gasteiger partial charge in [-0.25, -0.2) is 0 Å². The van der Waals surface area contributed by atoms with Gasteiger partial charge in [0, 0.05) is 20.9 Å². The lowest BCUT2D eigenvalue weighted by Crippen LogP contribution is -2.15. The average molecular weight is 401 g/mol. The van der Waals surface area contributed by atoms with Gasteiger partial charge in [0.05, 0.1) is 12.9 Å². The summed E-state index contributed by atoms with van der Waals surface area (Å²) in [6.07, 6.45) is 0. The van der Waals surface area contributed by atoms with Crippen LogP contribution in [0.15, 0.2) is 65.6 Å². The maximum absolute atomic E-state index is 12.1. The van der Waals surface area contributed by atoms with Gasteiger partial charge in [0.2, 0.25) is 0 Å². The zero-order valence-electron chi connectivity index (χ0n) is 14.6. The molecule has 0 unspecified atom stereocenters. The molecule has 0 aliphatic heterocycles. The van der Waals surface area contributed by atoms with Crippen molar-refractivity contribution in [2.75, 3.05) is 19.5 Å². The van der Waals surface area contributed by atoms with Gasteiger partial charge in [-0.1, -0.05) is 35.9 Å². The molecule has 0 fully saturated rings. The predicted octanol–water partition coefficient (Wildman–Crippen LogP) is 5.02. The van der Waals surface area contributed by atoms with Crippen molar-refractivity contribution in [3.05, 3.63) is 71.2 Å². The highest BCUT2D eigenvalue weighted by molar-refractivity contribution is 8.00. The van der Waals surface area contributed by atoms with Crippen LogP contribution in [0.25, 0.3) is 10.8 Å². The molecule has 0 atom stereocenters. The Kier molecular flexibility index (Phi) is 6.37. The fourth-order valence-corrected chi connectivity index (χ4v) is 3.81. The second kappa shape index (κ2) is 8.93. The van der Waals surface area contributed by atoms with Crippen LogP contribution in [-0.4, -0.2) is 31.2 Å². The molecular weight excluding hydrogens is 384 g/mol. The van der Waals surface area contributed by atoms with E-state index in [1.807, 2.05) is 36.4 Å². The molecule has 6 heteroatoms. The zero-order chi connectivity index (χ0) is 19.2. The van der Waals surface area contributed by atoms with Gasteiger partial charge in [-0.2, -0.15) is 0 Å². The van der Waals surface area contributed by atoms with Crippen molar-refractivity contribution < 1.29 is 19.1 Å². The Labute approximate surface area is 166 Å². The normalized spacial score (nSPS) is 10.6. The number of benzene rings is 3. The number of halogens is 1. The van der Waals surface area contributed by atoms with E-state index >= 15 is 0 Å². The van der Waals surface area contributed by atoms with Gasteiger partial charge >= 0.3 is 5.97 Å². The molecule has 0 spiro atoms. The van der Waals surface area contributed by atoms with E-state index in [1.165, 1.54) is 11.8 Å². The molecule has 0 aromatic heterocycles. The standard InChI is InChI=1S/C21H17ClO4S/c1-25-16-10-8-14(9-11-16)18(23)12-26-20(24)13-27-19-7-3-5-15-4-2-6-17(22)21(15)19/h2-11H,12-13H2,1H3. The van der Waals surface area contributed by atoms with Crippen molar-refractivity contribution in [3.63, 3.8) is 0 Å². The van der Waals surface area contributed by atoms with E-state index in [1.54, 1.807) is 31.4 Å². The molecule has 0 saturated carbocycles. The third-order valence-corrected chi connectivity index (χ3v) is 5.28. The van der Waals surface area contributed by atoms with Crippen LogP contribution in [0.2, 0.25) is 5.02 Å². The highest BCUT2D eigenvalue weighted by Gasteiger charge is 2.12. The first-order valence-electron chi connectivity index (χ1n) is 8.21. The Morgan fingerprint density at radius 3 is 2.41 bits per heavy atom. The number of Topliss-reactive ketones (excluding diaryl/α,β-unsaturated/α-hetero) is 1. The molecule has 3 aromatic carbocycles. The Morgan fingerprint density at radius 1 is 1.00 bits per heavy atom. The van der Waals surface area contributed by atoms with E-state index in [9.17, 15) is 9.59 Å². The molecule has 138 valence electrons. The quantitative estimate of drug-likeness (QED) is 0.316. The second-order valence-electron chi connectivity index (χ2n) is 5.70. The largest absolute Gasteiger partial charge is 0.497 e. The molecular formula is C21H17ClO4S. The monoisotopic (exact) mass is 400 g/mol. The Morgan fingerprint density at radius 2 is 1.70 bits per heavy atom. The summed E-state index contributed by atoms with van der Waals surface area (Å²) in [5.74, 6) is 0.0454.